The highest BCUT2D eigenvalue weighted by atomic mass is 79.9. The van der Waals surface area contributed by atoms with E-state index >= 15 is 0 Å². The lowest BCUT2D eigenvalue weighted by Gasteiger charge is -1.63. The Hall–Kier alpha value is 1.31. The molecule has 3 heteroatoms. The molecule has 0 N–H and O–H groups in total. The molecule has 0 heterocycles. The Morgan fingerprint density at radius 1 is 1.40 bits per heavy atom. The van der Waals surface area contributed by atoms with Crippen molar-refractivity contribution in [3.8, 4) is 0 Å². The number of rotatable bonds is 0. The molecule has 0 rings (SSSR count). The molecule has 0 aromatic heterocycles. The third-order valence-corrected chi connectivity index (χ3v) is 0. The van der Waals surface area contributed by atoms with Gasteiger partial charge in [-0.2, -0.15) is 0 Å². The first-order chi connectivity index (χ1) is 1.73. The fourth-order valence-electron chi connectivity index (χ4n) is 0. The maximum atomic E-state index is 3.30. The van der Waals surface area contributed by atoms with E-state index in [-0.39, 0.29) is 17.0 Å². The Bertz CT molecular complexity index is 12.4. The summed E-state index contributed by atoms with van der Waals surface area (Å²) >= 11 is 3.30. The lowest BCUT2D eigenvalue weighted by atomic mass is 11.9. The molecule has 0 bridgehead atoms. The summed E-state index contributed by atoms with van der Waals surface area (Å²) in [5.74, 6) is 0. The molecular formula is C2H6Br2S. The second-order valence-corrected chi connectivity index (χ2v) is 6.04. The van der Waals surface area contributed by atoms with E-state index < -0.39 is 0 Å². The molecular weight excluding hydrogens is 216 g/mol. The van der Waals surface area contributed by atoms with Gasteiger partial charge in [0.15, 0.2) is 0 Å². The van der Waals surface area contributed by atoms with Gasteiger partial charge in [0, 0.05) is 0 Å². The highest BCUT2D eigenvalue weighted by Crippen LogP contribution is 1.90. The van der Waals surface area contributed by atoms with Crippen molar-refractivity contribution in [3.63, 3.8) is 0 Å². The van der Waals surface area contributed by atoms with Crippen LogP contribution in [0.3, 0.4) is 0 Å². The van der Waals surface area contributed by atoms with Crippen molar-refractivity contribution in [3.05, 3.63) is 0 Å². The van der Waals surface area contributed by atoms with Gasteiger partial charge in [-0.15, -0.1) is 0 Å². The molecule has 0 radical (unpaired) electrons. The quantitative estimate of drug-likeness (QED) is 0.423. The lowest BCUT2D eigenvalue weighted by molar-refractivity contribution is -0.000000842. The largest absolute Gasteiger partial charge is 1.00 e. The van der Waals surface area contributed by atoms with Crippen LogP contribution in [0.25, 0.3) is 0 Å². The van der Waals surface area contributed by atoms with Gasteiger partial charge >= 0.3 is 0 Å². The van der Waals surface area contributed by atoms with E-state index in [0.717, 1.165) is 0 Å². The average molecular weight is 222 g/mol. The molecule has 0 amide bonds. The Morgan fingerprint density at radius 3 is 1.40 bits per heavy atom. The van der Waals surface area contributed by atoms with Crippen molar-refractivity contribution in [2.24, 2.45) is 0 Å². The molecule has 0 aliphatic heterocycles. The maximum absolute atomic E-state index is 3.30. The van der Waals surface area contributed by atoms with E-state index in [1.807, 2.05) is 0 Å². The van der Waals surface area contributed by atoms with Crippen molar-refractivity contribution in [1.29, 1.82) is 0 Å². The zero-order valence-corrected chi connectivity index (χ0v) is 7.15. The van der Waals surface area contributed by atoms with Gasteiger partial charge in [-0.3, -0.25) is 0 Å². The van der Waals surface area contributed by atoms with Crippen LogP contribution in [0.1, 0.15) is 0 Å². The summed E-state index contributed by atoms with van der Waals surface area (Å²) < 4.78 is 0. The molecule has 0 fully saturated rings. The first-order valence-corrected chi connectivity index (χ1v) is 4.85. The first kappa shape index (κ1) is 9.58. The maximum Gasteiger partial charge on any atom is 0.231 e. The molecule has 5 heavy (non-hydrogen) atoms. The first-order valence-electron chi connectivity index (χ1n) is 0.971. The van der Waals surface area contributed by atoms with Crippen molar-refractivity contribution in [2.75, 3.05) is 12.5 Å². The van der Waals surface area contributed by atoms with Gasteiger partial charge in [0.2, 0.25) is 14.8 Å². The lowest BCUT2D eigenvalue weighted by Crippen LogP contribution is -3.00. The van der Waals surface area contributed by atoms with E-state index in [1.54, 1.807) is 0 Å². The van der Waals surface area contributed by atoms with Crippen molar-refractivity contribution < 1.29 is 17.0 Å². The summed E-state index contributed by atoms with van der Waals surface area (Å²) in [6.45, 7) is 0. The molecule has 0 aliphatic rings. The third-order valence-electron chi connectivity index (χ3n) is 0. The van der Waals surface area contributed by atoms with Crippen LogP contribution in [-0.2, 0) is 9.33 Å². The summed E-state index contributed by atoms with van der Waals surface area (Å²) in [4.78, 5) is 0. The number of hydrogen-bond acceptors (Lipinski definition) is 0. The smallest absolute Gasteiger partial charge is 0.231 e. The zero-order valence-electron chi connectivity index (χ0n) is 3.16. The van der Waals surface area contributed by atoms with Gasteiger partial charge in [0.05, 0.1) is 9.33 Å². The van der Waals surface area contributed by atoms with Gasteiger partial charge in [-0.1, -0.05) is 0 Å². The SMILES string of the molecule is C[S+](C)Br.[Br-]. The summed E-state index contributed by atoms with van der Waals surface area (Å²) in [6.07, 6.45) is 4.22. The highest BCUT2D eigenvalue weighted by molar-refractivity contribution is 9.48. The van der Waals surface area contributed by atoms with Crippen molar-refractivity contribution in [2.45, 2.75) is 0 Å². The Labute approximate surface area is 53.7 Å². The minimum Gasteiger partial charge on any atom is -1.00 e. The Morgan fingerprint density at radius 2 is 1.40 bits per heavy atom. The Kier molecular flexibility index (Phi) is 10.2. The van der Waals surface area contributed by atoms with E-state index in [2.05, 4.69) is 27.3 Å². The van der Waals surface area contributed by atoms with Gasteiger partial charge in [-0.05, 0) is 0 Å². The van der Waals surface area contributed by atoms with Crippen LogP contribution in [0.2, 0.25) is 0 Å². The van der Waals surface area contributed by atoms with E-state index in [9.17, 15) is 0 Å². The van der Waals surface area contributed by atoms with Gasteiger partial charge in [-0.25, -0.2) is 0 Å². The summed E-state index contributed by atoms with van der Waals surface area (Å²) in [5.41, 5.74) is 0. The molecule has 0 aliphatic carbocycles. The van der Waals surface area contributed by atoms with Gasteiger partial charge in [0.1, 0.15) is 12.5 Å². The standard InChI is InChI=1S/C2H6BrS.BrH/c1-4(2)3;/h1-2H3;1H/q+1;/p-1. The van der Waals surface area contributed by atoms with Crippen LogP contribution >= 0.6 is 14.8 Å². The minimum atomic E-state index is 0. The number of hydrogen-bond donors (Lipinski definition) is 0. The summed E-state index contributed by atoms with van der Waals surface area (Å²) in [5, 5.41) is 0. The molecule has 0 aromatic rings. The van der Waals surface area contributed by atoms with E-state index in [4.69, 9.17) is 0 Å². The predicted molar refractivity (Wildman–Crippen MR) is 28.1 cm³/mol. The molecule has 0 aromatic carbocycles. The average Bonchev–Trinajstić information content (AvgIpc) is 0.811. The normalized spacial score (nSPS) is 7.20. The fourth-order valence-corrected chi connectivity index (χ4v) is 0. The van der Waals surface area contributed by atoms with Crippen molar-refractivity contribution >= 4 is 24.1 Å². The van der Waals surface area contributed by atoms with Crippen LogP contribution in [-0.4, -0.2) is 12.5 Å². The van der Waals surface area contributed by atoms with Crippen LogP contribution in [0.4, 0.5) is 0 Å². The predicted octanol–water partition coefficient (Wildman–Crippen LogP) is -1.82. The van der Waals surface area contributed by atoms with Crippen LogP contribution < -0.4 is 17.0 Å². The fraction of sp³-hybridized carbons (Fsp3) is 1.00. The molecule has 0 saturated heterocycles. The zero-order chi connectivity index (χ0) is 3.58. The molecule has 0 atom stereocenters. The van der Waals surface area contributed by atoms with Crippen molar-refractivity contribution in [1.82, 2.24) is 0 Å². The monoisotopic (exact) mass is 220 g/mol. The molecule has 0 unspecified atom stereocenters. The Balaban J connectivity index is 0. The second-order valence-electron chi connectivity index (χ2n) is 0.717. The van der Waals surface area contributed by atoms with E-state index in [0.29, 0.717) is 9.33 Å². The van der Waals surface area contributed by atoms with Crippen LogP contribution in [0, 0.1) is 0 Å². The van der Waals surface area contributed by atoms with Crippen LogP contribution in [0.15, 0.2) is 0 Å². The van der Waals surface area contributed by atoms with Gasteiger partial charge < -0.3 is 17.0 Å². The van der Waals surface area contributed by atoms with Gasteiger partial charge in [0.25, 0.3) is 0 Å². The minimum absolute atomic E-state index is 0. The second kappa shape index (κ2) is 5.31. The van der Waals surface area contributed by atoms with Crippen LogP contribution in [0.5, 0.6) is 0 Å². The third kappa shape index (κ3) is 33.9. The highest BCUT2D eigenvalue weighted by Gasteiger charge is 1.84. The molecule has 34 valence electrons. The summed E-state index contributed by atoms with van der Waals surface area (Å²) in [6, 6.07) is 0. The molecule has 0 saturated carbocycles. The molecule has 0 nitrogen and oxygen atoms in total. The number of halogens is 2. The topological polar surface area (TPSA) is 0 Å². The summed E-state index contributed by atoms with van der Waals surface area (Å²) in [7, 11) is 0.451. The molecule has 0 spiro atoms. The van der Waals surface area contributed by atoms with E-state index in [1.165, 1.54) is 0 Å².